The van der Waals surface area contributed by atoms with Crippen LogP contribution in [0.1, 0.15) is 69.8 Å². The topological polar surface area (TPSA) is 12.9 Å². The van der Waals surface area contributed by atoms with E-state index in [1.165, 1.54) is 63.1 Å². The number of hydrogen-bond donors (Lipinski definition) is 0. The number of pyridine rings is 1. The first-order valence-electron chi connectivity index (χ1n) is 9.48. The zero-order valence-corrected chi connectivity index (χ0v) is 14.7. The lowest BCUT2D eigenvalue weighted by Crippen LogP contribution is -2.13. The van der Waals surface area contributed by atoms with Gasteiger partial charge in [-0.15, -0.1) is 0 Å². The molecule has 1 saturated carbocycles. The molecule has 2 aromatic rings. The smallest absolute Gasteiger partial charge is 0.220 e. The van der Waals surface area contributed by atoms with Gasteiger partial charge in [0.25, 0.3) is 0 Å². The summed E-state index contributed by atoms with van der Waals surface area (Å²) < 4.78 is 13.8. The lowest BCUT2D eigenvalue weighted by atomic mass is 9.77. The zero-order chi connectivity index (χ0) is 16.8. The number of halogens is 1. The summed E-state index contributed by atoms with van der Waals surface area (Å²) in [7, 11) is 0. The molecule has 0 aliphatic heterocycles. The summed E-state index contributed by atoms with van der Waals surface area (Å²) in [5, 5.41) is 0. The Labute approximate surface area is 145 Å². The van der Waals surface area contributed by atoms with Gasteiger partial charge in [0.15, 0.2) is 0 Å². The van der Waals surface area contributed by atoms with Crippen LogP contribution in [-0.4, -0.2) is 4.98 Å². The Morgan fingerprint density at radius 2 is 1.75 bits per heavy atom. The molecule has 128 valence electrons. The molecule has 2 heteroatoms. The van der Waals surface area contributed by atoms with E-state index in [0.29, 0.717) is 11.5 Å². The second-order valence-electron chi connectivity index (χ2n) is 7.18. The highest BCUT2D eigenvalue weighted by Crippen LogP contribution is 2.38. The van der Waals surface area contributed by atoms with Gasteiger partial charge in [-0.2, -0.15) is 4.39 Å². The Morgan fingerprint density at radius 3 is 2.42 bits per heavy atom. The van der Waals surface area contributed by atoms with Crippen LogP contribution >= 0.6 is 0 Å². The van der Waals surface area contributed by atoms with Gasteiger partial charge in [0, 0.05) is 11.8 Å². The van der Waals surface area contributed by atoms with Crippen LogP contribution in [0.4, 0.5) is 4.39 Å². The van der Waals surface area contributed by atoms with E-state index >= 15 is 0 Å². The number of benzene rings is 1. The predicted octanol–water partition coefficient (Wildman–Crippen LogP) is 6.74. The number of rotatable bonds is 6. The standard InChI is InChI=1S/C22H28FN/c1-2-3-4-6-17-8-10-18(11-9-17)19-12-14-20(15-13-19)21-7-5-16-24-22(21)23/h5,7,12-18H,2-4,6,8-11H2,1H3/t17-,18-. The maximum Gasteiger partial charge on any atom is 0.220 e. The number of hydrogen-bond acceptors (Lipinski definition) is 1. The van der Waals surface area contributed by atoms with Crippen molar-refractivity contribution in [2.45, 2.75) is 64.2 Å². The fourth-order valence-corrected chi connectivity index (χ4v) is 4.00. The molecule has 0 amide bonds. The van der Waals surface area contributed by atoms with E-state index < -0.39 is 5.95 Å². The van der Waals surface area contributed by atoms with Crippen molar-refractivity contribution in [3.05, 3.63) is 54.1 Å². The molecule has 1 fully saturated rings. The van der Waals surface area contributed by atoms with Gasteiger partial charge in [0.2, 0.25) is 5.95 Å². The lowest BCUT2D eigenvalue weighted by molar-refractivity contribution is 0.303. The molecule has 1 aromatic heterocycles. The van der Waals surface area contributed by atoms with Crippen molar-refractivity contribution >= 4 is 0 Å². The molecule has 1 aliphatic rings. The molecule has 0 atom stereocenters. The molecule has 0 spiro atoms. The summed E-state index contributed by atoms with van der Waals surface area (Å²) in [4.78, 5) is 3.74. The SMILES string of the molecule is CCCCC[C@H]1CC[C@H](c2ccc(-c3cccnc3F)cc2)CC1. The maximum absolute atomic E-state index is 13.8. The van der Waals surface area contributed by atoms with Gasteiger partial charge in [-0.3, -0.25) is 0 Å². The molecule has 0 radical (unpaired) electrons. The summed E-state index contributed by atoms with van der Waals surface area (Å²) >= 11 is 0. The van der Waals surface area contributed by atoms with Crippen LogP contribution in [0.25, 0.3) is 11.1 Å². The van der Waals surface area contributed by atoms with Gasteiger partial charge in [-0.05, 0) is 60.8 Å². The Balaban J connectivity index is 1.58. The first kappa shape index (κ1) is 17.1. The van der Waals surface area contributed by atoms with Crippen molar-refractivity contribution in [2.24, 2.45) is 5.92 Å². The molecule has 1 heterocycles. The monoisotopic (exact) mass is 325 g/mol. The van der Waals surface area contributed by atoms with Crippen molar-refractivity contribution in [3.63, 3.8) is 0 Å². The third-order valence-corrected chi connectivity index (χ3v) is 5.51. The average molecular weight is 325 g/mol. The minimum absolute atomic E-state index is 0.391. The third kappa shape index (κ3) is 4.23. The van der Waals surface area contributed by atoms with Crippen molar-refractivity contribution in [1.82, 2.24) is 4.98 Å². The van der Waals surface area contributed by atoms with Gasteiger partial charge < -0.3 is 0 Å². The van der Waals surface area contributed by atoms with E-state index in [1.54, 1.807) is 12.1 Å². The summed E-state index contributed by atoms with van der Waals surface area (Å²) in [5.74, 6) is 1.23. The second kappa shape index (κ2) is 8.41. The molecule has 0 bridgehead atoms. The molecular weight excluding hydrogens is 297 g/mol. The zero-order valence-electron chi connectivity index (χ0n) is 14.7. The Morgan fingerprint density at radius 1 is 1.00 bits per heavy atom. The van der Waals surface area contributed by atoms with Crippen LogP contribution in [-0.2, 0) is 0 Å². The van der Waals surface area contributed by atoms with Crippen molar-refractivity contribution in [1.29, 1.82) is 0 Å². The fraction of sp³-hybridized carbons (Fsp3) is 0.500. The highest BCUT2D eigenvalue weighted by molar-refractivity contribution is 5.63. The number of nitrogens with zero attached hydrogens (tertiary/aromatic N) is 1. The van der Waals surface area contributed by atoms with Crippen molar-refractivity contribution < 1.29 is 4.39 Å². The largest absolute Gasteiger partial charge is 0.228 e. The second-order valence-corrected chi connectivity index (χ2v) is 7.18. The quantitative estimate of drug-likeness (QED) is 0.423. The Kier molecular flexibility index (Phi) is 6.01. The summed E-state index contributed by atoms with van der Waals surface area (Å²) in [6.07, 6.45) is 12.4. The van der Waals surface area contributed by atoms with Gasteiger partial charge in [0.1, 0.15) is 0 Å². The minimum Gasteiger partial charge on any atom is -0.228 e. The van der Waals surface area contributed by atoms with Crippen LogP contribution in [0.2, 0.25) is 0 Å². The summed E-state index contributed by atoms with van der Waals surface area (Å²) in [6.45, 7) is 2.28. The van der Waals surface area contributed by atoms with E-state index in [0.717, 1.165) is 11.5 Å². The van der Waals surface area contributed by atoms with E-state index in [1.807, 2.05) is 12.1 Å². The first-order chi connectivity index (χ1) is 11.8. The van der Waals surface area contributed by atoms with Gasteiger partial charge >= 0.3 is 0 Å². The summed E-state index contributed by atoms with van der Waals surface area (Å²) in [5.41, 5.74) is 2.91. The van der Waals surface area contributed by atoms with Crippen LogP contribution < -0.4 is 0 Å². The van der Waals surface area contributed by atoms with E-state index in [4.69, 9.17) is 0 Å². The van der Waals surface area contributed by atoms with Crippen LogP contribution in [0.5, 0.6) is 0 Å². The predicted molar refractivity (Wildman–Crippen MR) is 98.5 cm³/mol. The highest BCUT2D eigenvalue weighted by atomic mass is 19.1. The Bertz CT molecular complexity index is 627. The van der Waals surface area contributed by atoms with E-state index in [-0.39, 0.29) is 0 Å². The van der Waals surface area contributed by atoms with E-state index in [2.05, 4.69) is 24.0 Å². The molecule has 0 N–H and O–H groups in total. The normalized spacial score (nSPS) is 20.9. The highest BCUT2D eigenvalue weighted by Gasteiger charge is 2.22. The molecule has 1 aliphatic carbocycles. The molecule has 1 aromatic carbocycles. The van der Waals surface area contributed by atoms with Crippen molar-refractivity contribution in [3.8, 4) is 11.1 Å². The molecular formula is C22H28FN. The molecule has 3 rings (SSSR count). The molecule has 0 unspecified atom stereocenters. The molecule has 1 nitrogen and oxygen atoms in total. The lowest BCUT2D eigenvalue weighted by Gasteiger charge is -2.29. The van der Waals surface area contributed by atoms with E-state index in [9.17, 15) is 4.39 Å². The summed E-state index contributed by atoms with van der Waals surface area (Å²) in [6, 6.07) is 12.0. The first-order valence-corrected chi connectivity index (χ1v) is 9.48. The van der Waals surface area contributed by atoms with Gasteiger partial charge in [-0.1, -0.05) is 56.9 Å². The van der Waals surface area contributed by atoms with Crippen molar-refractivity contribution in [2.75, 3.05) is 0 Å². The van der Waals surface area contributed by atoms with Gasteiger partial charge in [-0.25, -0.2) is 4.98 Å². The van der Waals surface area contributed by atoms with Crippen LogP contribution in [0.3, 0.4) is 0 Å². The van der Waals surface area contributed by atoms with Crippen LogP contribution in [0.15, 0.2) is 42.6 Å². The Hall–Kier alpha value is -1.70. The number of aromatic nitrogens is 1. The number of unbranched alkanes of at least 4 members (excludes halogenated alkanes) is 2. The minimum atomic E-state index is -0.391. The van der Waals surface area contributed by atoms with Gasteiger partial charge in [0.05, 0.1) is 0 Å². The molecule has 0 saturated heterocycles. The fourth-order valence-electron chi connectivity index (χ4n) is 4.00. The van der Waals surface area contributed by atoms with Crippen LogP contribution in [0, 0.1) is 11.9 Å². The third-order valence-electron chi connectivity index (χ3n) is 5.51. The maximum atomic E-state index is 13.8. The molecule has 24 heavy (non-hydrogen) atoms. The average Bonchev–Trinajstić information content (AvgIpc) is 2.63.